The third-order valence-corrected chi connectivity index (χ3v) is 10.2. The van der Waals surface area contributed by atoms with Gasteiger partial charge in [0.1, 0.15) is 0 Å². The average Bonchev–Trinajstić information content (AvgIpc) is 3.07. The maximum atomic E-state index is 12.8. The molecule has 0 aliphatic carbocycles. The zero-order valence-electron chi connectivity index (χ0n) is 31.8. The molecule has 0 aliphatic rings. The van der Waals surface area contributed by atoms with Gasteiger partial charge in [-0.15, -0.1) is 0 Å². The third kappa shape index (κ3) is 34.1. The number of nitrogens with two attached hydrogens (primary N) is 1. The van der Waals surface area contributed by atoms with Gasteiger partial charge in [-0.2, -0.15) is 0 Å². The van der Waals surface area contributed by atoms with Gasteiger partial charge in [0.05, 0.1) is 37.9 Å². The molecule has 0 rings (SSSR count). The van der Waals surface area contributed by atoms with Crippen LogP contribution in [-0.2, 0) is 18.4 Å². The number of allylic oxidation sites excluding steroid dienone is 2. The van der Waals surface area contributed by atoms with E-state index in [1.807, 2.05) is 0 Å². The number of aliphatic hydroxyl groups excluding tert-OH is 2. The van der Waals surface area contributed by atoms with Crippen molar-refractivity contribution >= 4 is 13.7 Å². The molecule has 0 fully saturated rings. The molecule has 0 heterocycles. The van der Waals surface area contributed by atoms with E-state index in [2.05, 4.69) is 31.3 Å². The number of amides is 1. The summed E-state index contributed by atoms with van der Waals surface area (Å²) in [5.74, 6) is -0.418. The van der Waals surface area contributed by atoms with Crippen LogP contribution in [-0.4, -0.2) is 59.0 Å². The number of unbranched alkanes of at least 4 members (excludes halogenated alkanes) is 22. The number of aliphatic hydroxyl groups is 2. The molecule has 9 nitrogen and oxygen atoms in total. The highest BCUT2D eigenvalue weighted by Gasteiger charge is 2.28. The maximum Gasteiger partial charge on any atom is 0.472 e. The first-order chi connectivity index (χ1) is 23.8. The summed E-state index contributed by atoms with van der Waals surface area (Å²) in [5.41, 5.74) is 5.36. The van der Waals surface area contributed by atoms with E-state index < -0.39 is 32.0 Å². The molecule has 0 spiro atoms. The summed E-state index contributed by atoms with van der Waals surface area (Å²) in [7, 11) is -4.37. The number of hydrogen-bond acceptors (Lipinski definition) is 7. The first-order valence-corrected chi connectivity index (χ1v) is 21.9. The summed E-state index contributed by atoms with van der Waals surface area (Å²) >= 11 is 0. The third-order valence-electron chi connectivity index (χ3n) is 9.17. The van der Waals surface area contributed by atoms with Gasteiger partial charge in [-0.25, -0.2) is 4.57 Å². The van der Waals surface area contributed by atoms with Gasteiger partial charge in [0.2, 0.25) is 5.91 Å². The molecule has 4 unspecified atom stereocenters. The van der Waals surface area contributed by atoms with E-state index in [1.54, 1.807) is 0 Å². The predicted molar refractivity (Wildman–Crippen MR) is 204 cm³/mol. The second-order valence-electron chi connectivity index (χ2n) is 14.0. The molecule has 0 saturated carbocycles. The lowest BCUT2D eigenvalue weighted by Gasteiger charge is -2.25. The molecule has 6 N–H and O–H groups in total. The van der Waals surface area contributed by atoms with E-state index in [0.717, 1.165) is 44.9 Å². The minimum absolute atomic E-state index is 0.0598. The highest BCUT2D eigenvalue weighted by atomic mass is 31.2. The van der Waals surface area contributed by atoms with Gasteiger partial charge >= 0.3 is 7.82 Å². The van der Waals surface area contributed by atoms with E-state index in [0.29, 0.717) is 12.8 Å². The number of carbonyl (C=O) groups excluding carboxylic acids is 1. The molecule has 10 heteroatoms. The van der Waals surface area contributed by atoms with Crippen molar-refractivity contribution in [2.45, 2.75) is 212 Å². The van der Waals surface area contributed by atoms with Crippen molar-refractivity contribution in [3.8, 4) is 0 Å². The van der Waals surface area contributed by atoms with E-state index in [9.17, 15) is 24.5 Å². The highest BCUT2D eigenvalue weighted by molar-refractivity contribution is 7.47. The second kappa shape index (κ2) is 35.6. The Kier molecular flexibility index (Phi) is 35.0. The van der Waals surface area contributed by atoms with Crippen LogP contribution in [0.15, 0.2) is 12.2 Å². The van der Waals surface area contributed by atoms with Gasteiger partial charge in [-0.3, -0.25) is 13.8 Å². The molecular weight excluding hydrogens is 639 g/mol. The number of phosphoric acid groups is 1. The Labute approximate surface area is 301 Å². The Morgan fingerprint density at radius 2 is 1.10 bits per heavy atom. The number of carbonyl (C=O) groups is 1. The van der Waals surface area contributed by atoms with E-state index in [-0.39, 0.29) is 26.2 Å². The zero-order valence-corrected chi connectivity index (χ0v) is 32.7. The van der Waals surface area contributed by atoms with Crippen LogP contribution in [0.1, 0.15) is 194 Å². The molecule has 4 atom stereocenters. The van der Waals surface area contributed by atoms with Crippen molar-refractivity contribution in [3.05, 3.63) is 12.2 Å². The van der Waals surface area contributed by atoms with Crippen LogP contribution in [0.3, 0.4) is 0 Å². The van der Waals surface area contributed by atoms with Crippen molar-refractivity contribution in [1.29, 1.82) is 0 Å². The van der Waals surface area contributed by atoms with Crippen molar-refractivity contribution < 1.29 is 33.5 Å². The minimum Gasteiger partial charge on any atom is -0.393 e. The standard InChI is InChI=1S/C39H79N2O7P/c1-3-5-7-9-11-13-15-17-19-21-23-25-27-29-31-38(43)37(35-48-49(45,46)47-33-32-40)41-39(44)34-36(42)30-28-26-24-22-20-18-16-14-12-10-8-6-4-2/h14,16,36-38,42-43H,3-13,15,17-35,40H2,1-2H3,(H,41,44)(H,45,46)/b16-14-. The lowest BCUT2D eigenvalue weighted by atomic mass is 10.0. The molecule has 1 amide bonds. The topological polar surface area (TPSA) is 151 Å². The largest absolute Gasteiger partial charge is 0.472 e. The molecule has 0 aromatic heterocycles. The minimum atomic E-state index is -4.37. The average molecular weight is 719 g/mol. The normalized spacial score (nSPS) is 15.0. The summed E-state index contributed by atoms with van der Waals surface area (Å²) in [6, 6.07) is -0.894. The first kappa shape index (κ1) is 48.2. The molecule has 49 heavy (non-hydrogen) atoms. The van der Waals surface area contributed by atoms with Crippen molar-refractivity contribution in [2.75, 3.05) is 19.8 Å². The maximum absolute atomic E-state index is 12.8. The summed E-state index contributed by atoms with van der Waals surface area (Å²) in [4.78, 5) is 22.7. The van der Waals surface area contributed by atoms with Crippen LogP contribution < -0.4 is 11.1 Å². The molecular formula is C39H79N2O7P. The lowest BCUT2D eigenvalue weighted by Crippen LogP contribution is -2.47. The van der Waals surface area contributed by atoms with E-state index in [1.165, 1.54) is 116 Å². The Hall–Kier alpha value is -0.800. The van der Waals surface area contributed by atoms with Crippen molar-refractivity contribution in [1.82, 2.24) is 5.32 Å². The molecule has 0 aromatic carbocycles. The Morgan fingerprint density at radius 1 is 0.673 bits per heavy atom. The van der Waals surface area contributed by atoms with Crippen LogP contribution >= 0.6 is 7.82 Å². The summed E-state index contributed by atoms with van der Waals surface area (Å²) < 4.78 is 22.1. The van der Waals surface area contributed by atoms with E-state index in [4.69, 9.17) is 14.8 Å². The van der Waals surface area contributed by atoms with Gasteiger partial charge < -0.3 is 26.2 Å². The quantitative estimate of drug-likeness (QED) is 0.0240. The van der Waals surface area contributed by atoms with Crippen LogP contribution in [0, 0.1) is 0 Å². The summed E-state index contributed by atoms with van der Waals surface area (Å²) in [6.07, 6.45) is 33.9. The lowest BCUT2D eigenvalue weighted by molar-refractivity contribution is -0.125. The Morgan fingerprint density at radius 3 is 1.59 bits per heavy atom. The fraction of sp³-hybridized carbons (Fsp3) is 0.923. The fourth-order valence-electron chi connectivity index (χ4n) is 6.06. The SMILES string of the molecule is CCCCCC/C=C\CCCCCCCC(O)CC(=O)NC(COP(=O)(O)OCCN)C(O)CCCCCCCCCCCCCCCC. The van der Waals surface area contributed by atoms with Gasteiger partial charge in [0.15, 0.2) is 0 Å². The number of nitrogens with one attached hydrogen (secondary N) is 1. The molecule has 292 valence electrons. The van der Waals surface area contributed by atoms with Gasteiger partial charge in [-0.1, -0.05) is 161 Å². The van der Waals surface area contributed by atoms with Crippen LogP contribution in [0.4, 0.5) is 0 Å². The van der Waals surface area contributed by atoms with Crippen LogP contribution in [0.5, 0.6) is 0 Å². The second-order valence-corrected chi connectivity index (χ2v) is 15.5. The van der Waals surface area contributed by atoms with Gasteiger partial charge in [0.25, 0.3) is 0 Å². The summed E-state index contributed by atoms with van der Waals surface area (Å²) in [5, 5.41) is 24.1. The van der Waals surface area contributed by atoms with Crippen molar-refractivity contribution in [3.63, 3.8) is 0 Å². The molecule has 0 bridgehead atoms. The number of hydrogen-bond donors (Lipinski definition) is 5. The van der Waals surface area contributed by atoms with Gasteiger partial charge in [-0.05, 0) is 38.5 Å². The molecule has 0 aliphatic heterocycles. The summed E-state index contributed by atoms with van der Waals surface area (Å²) in [6.45, 7) is 4.02. The highest BCUT2D eigenvalue weighted by Crippen LogP contribution is 2.43. The Balaban J connectivity index is 4.33. The number of rotatable bonds is 38. The predicted octanol–water partition coefficient (Wildman–Crippen LogP) is 9.80. The smallest absolute Gasteiger partial charge is 0.393 e. The van der Waals surface area contributed by atoms with Crippen molar-refractivity contribution in [2.24, 2.45) is 5.73 Å². The van der Waals surface area contributed by atoms with Crippen LogP contribution in [0.25, 0.3) is 0 Å². The first-order valence-electron chi connectivity index (χ1n) is 20.4. The Bertz CT molecular complexity index is 801. The fourth-order valence-corrected chi connectivity index (χ4v) is 6.82. The zero-order chi connectivity index (χ0) is 36.3. The van der Waals surface area contributed by atoms with E-state index >= 15 is 0 Å². The van der Waals surface area contributed by atoms with Crippen LogP contribution in [0.2, 0.25) is 0 Å². The molecule has 0 aromatic rings. The monoisotopic (exact) mass is 719 g/mol. The van der Waals surface area contributed by atoms with Gasteiger partial charge in [0, 0.05) is 6.54 Å². The molecule has 0 saturated heterocycles. The molecule has 0 radical (unpaired) electrons. The number of phosphoric ester groups is 1.